The third-order valence-electron chi connectivity index (χ3n) is 5.31. The van der Waals surface area contributed by atoms with Crippen LogP contribution in [0.25, 0.3) is 16.7 Å². The van der Waals surface area contributed by atoms with E-state index in [1.807, 2.05) is 48.5 Å². The predicted octanol–water partition coefficient (Wildman–Crippen LogP) is 4.01. The van der Waals surface area contributed by atoms with E-state index in [1.165, 1.54) is 16.2 Å². The number of aromatic nitrogens is 4. The minimum Gasteiger partial charge on any atom is -0.462 e. The van der Waals surface area contributed by atoms with Gasteiger partial charge in [-0.2, -0.15) is 0 Å². The Labute approximate surface area is 209 Å². The maximum atomic E-state index is 13.3. The summed E-state index contributed by atoms with van der Waals surface area (Å²) in [6, 6.07) is 23.3. The van der Waals surface area contributed by atoms with E-state index in [2.05, 4.69) is 10.4 Å². The molecule has 0 saturated carbocycles. The van der Waals surface area contributed by atoms with Crippen molar-refractivity contribution < 1.29 is 14.3 Å². The predicted molar refractivity (Wildman–Crippen MR) is 136 cm³/mol. The van der Waals surface area contributed by atoms with Crippen LogP contribution in [0.1, 0.15) is 17.3 Å². The first-order chi connectivity index (χ1) is 17.5. The lowest BCUT2D eigenvalue weighted by atomic mass is 10.2. The van der Waals surface area contributed by atoms with Crippen molar-refractivity contribution in [3.8, 4) is 0 Å². The Hall–Kier alpha value is -4.44. The van der Waals surface area contributed by atoms with E-state index in [1.54, 1.807) is 37.3 Å². The molecule has 36 heavy (non-hydrogen) atoms. The third kappa shape index (κ3) is 4.71. The smallest absolute Gasteiger partial charge is 0.351 e. The van der Waals surface area contributed by atoms with Crippen LogP contribution in [0.2, 0.25) is 0 Å². The highest BCUT2D eigenvalue weighted by Gasteiger charge is 2.18. The molecular formula is C26H21N5O4S. The standard InChI is InChI=1S/C26H21N5O4S/c1-2-35-25(33)17-12-14-18(15-13-17)27-22(32)16-30-26(34)31-21-11-7-6-10-20(21)28-24(23(31)29-30)36-19-8-4-3-5-9-19/h3-15H,2,16H2,1H3,(H,27,32). The topological polar surface area (TPSA) is 108 Å². The normalized spacial score (nSPS) is 11.0. The first kappa shape index (κ1) is 23.3. The zero-order valence-corrected chi connectivity index (χ0v) is 20.1. The van der Waals surface area contributed by atoms with Crippen molar-refractivity contribution >= 4 is 46.0 Å². The fourth-order valence-electron chi connectivity index (χ4n) is 3.68. The van der Waals surface area contributed by atoms with Crippen LogP contribution in [-0.2, 0) is 16.1 Å². The summed E-state index contributed by atoms with van der Waals surface area (Å²) in [6.07, 6.45) is 0. The lowest BCUT2D eigenvalue weighted by molar-refractivity contribution is -0.117. The van der Waals surface area contributed by atoms with Gasteiger partial charge in [0.15, 0.2) is 5.65 Å². The minimum absolute atomic E-state index is 0.279. The van der Waals surface area contributed by atoms with Gasteiger partial charge in [0, 0.05) is 10.6 Å². The van der Waals surface area contributed by atoms with Crippen LogP contribution in [0.3, 0.4) is 0 Å². The zero-order chi connectivity index (χ0) is 25.1. The van der Waals surface area contributed by atoms with Crippen molar-refractivity contribution in [3.05, 3.63) is 94.9 Å². The summed E-state index contributed by atoms with van der Waals surface area (Å²) in [5.41, 5.74) is 2.06. The molecule has 2 heterocycles. The Morgan fingerprint density at radius 2 is 1.69 bits per heavy atom. The average molecular weight is 500 g/mol. The Bertz CT molecular complexity index is 1630. The Morgan fingerprint density at radius 3 is 2.44 bits per heavy atom. The number of esters is 1. The van der Waals surface area contributed by atoms with Gasteiger partial charge in [-0.25, -0.2) is 23.7 Å². The van der Waals surface area contributed by atoms with Gasteiger partial charge in [-0.15, -0.1) is 5.10 Å². The third-order valence-corrected chi connectivity index (χ3v) is 6.28. The first-order valence-electron chi connectivity index (χ1n) is 11.2. The monoisotopic (exact) mass is 499 g/mol. The SMILES string of the molecule is CCOC(=O)c1ccc(NC(=O)Cn2nc3c(Sc4ccccc4)nc4ccccc4n3c2=O)cc1. The van der Waals surface area contributed by atoms with Gasteiger partial charge in [-0.3, -0.25) is 4.79 Å². The van der Waals surface area contributed by atoms with Crippen LogP contribution in [0.5, 0.6) is 0 Å². The second kappa shape index (κ2) is 10.0. The molecule has 0 atom stereocenters. The van der Waals surface area contributed by atoms with E-state index < -0.39 is 17.6 Å². The molecule has 10 heteroatoms. The number of benzene rings is 3. The molecule has 5 rings (SSSR count). The molecule has 9 nitrogen and oxygen atoms in total. The number of carbonyl (C=O) groups excluding carboxylic acids is 2. The van der Waals surface area contributed by atoms with E-state index in [9.17, 15) is 14.4 Å². The van der Waals surface area contributed by atoms with Crippen molar-refractivity contribution in [2.45, 2.75) is 23.4 Å². The van der Waals surface area contributed by atoms with Gasteiger partial charge in [0.2, 0.25) is 5.91 Å². The molecule has 5 aromatic rings. The Morgan fingerprint density at radius 1 is 0.972 bits per heavy atom. The second-order valence-electron chi connectivity index (χ2n) is 7.77. The van der Waals surface area contributed by atoms with Crippen LogP contribution in [0, 0.1) is 0 Å². The van der Waals surface area contributed by atoms with Crippen LogP contribution >= 0.6 is 11.8 Å². The number of fused-ring (bicyclic) bond motifs is 3. The molecule has 0 unspecified atom stereocenters. The lowest BCUT2D eigenvalue weighted by Crippen LogP contribution is -2.28. The second-order valence-corrected chi connectivity index (χ2v) is 8.83. The molecule has 180 valence electrons. The highest BCUT2D eigenvalue weighted by atomic mass is 32.2. The summed E-state index contributed by atoms with van der Waals surface area (Å²) >= 11 is 1.40. The molecule has 0 radical (unpaired) electrons. The number of para-hydroxylation sites is 2. The molecule has 0 fully saturated rings. The largest absolute Gasteiger partial charge is 0.462 e. The highest BCUT2D eigenvalue weighted by Crippen LogP contribution is 2.30. The number of anilines is 1. The van der Waals surface area contributed by atoms with E-state index >= 15 is 0 Å². The summed E-state index contributed by atoms with van der Waals surface area (Å²) < 4.78 is 7.57. The first-order valence-corrected chi connectivity index (χ1v) is 12.0. The number of nitrogens with zero attached hydrogens (tertiary/aromatic N) is 4. The summed E-state index contributed by atoms with van der Waals surface area (Å²) in [7, 11) is 0. The van der Waals surface area contributed by atoms with Crippen LogP contribution < -0.4 is 11.0 Å². The van der Waals surface area contributed by atoms with Gasteiger partial charge in [0.05, 0.1) is 23.2 Å². The Balaban J connectivity index is 1.45. The molecule has 0 aliphatic carbocycles. The van der Waals surface area contributed by atoms with Gasteiger partial charge in [-0.1, -0.05) is 42.1 Å². The van der Waals surface area contributed by atoms with Gasteiger partial charge in [-0.05, 0) is 55.5 Å². The molecule has 0 bridgehead atoms. The van der Waals surface area contributed by atoms with E-state index in [-0.39, 0.29) is 13.2 Å². The fraction of sp³-hybridized carbons (Fsp3) is 0.115. The van der Waals surface area contributed by atoms with Gasteiger partial charge >= 0.3 is 11.7 Å². The van der Waals surface area contributed by atoms with Gasteiger partial charge in [0.1, 0.15) is 11.6 Å². The maximum absolute atomic E-state index is 13.3. The average Bonchev–Trinajstić information content (AvgIpc) is 3.21. The maximum Gasteiger partial charge on any atom is 0.351 e. The molecule has 1 N–H and O–H groups in total. The molecular weight excluding hydrogens is 478 g/mol. The molecule has 0 spiro atoms. The number of ether oxygens (including phenoxy) is 1. The van der Waals surface area contributed by atoms with Crippen molar-refractivity contribution in [2.24, 2.45) is 0 Å². The number of carbonyl (C=O) groups is 2. The van der Waals surface area contributed by atoms with E-state index in [0.29, 0.717) is 33.0 Å². The number of hydrogen-bond donors (Lipinski definition) is 1. The lowest BCUT2D eigenvalue weighted by Gasteiger charge is -2.06. The van der Waals surface area contributed by atoms with E-state index in [0.717, 1.165) is 9.58 Å². The molecule has 0 aliphatic heterocycles. The van der Waals surface area contributed by atoms with E-state index in [4.69, 9.17) is 9.72 Å². The quantitative estimate of drug-likeness (QED) is 0.337. The van der Waals surface area contributed by atoms with Crippen LogP contribution in [0.4, 0.5) is 5.69 Å². The zero-order valence-electron chi connectivity index (χ0n) is 19.2. The van der Waals surface area contributed by atoms with Crippen LogP contribution in [-0.4, -0.2) is 37.6 Å². The number of nitrogens with one attached hydrogen (secondary N) is 1. The van der Waals surface area contributed by atoms with Gasteiger partial charge in [0.25, 0.3) is 0 Å². The summed E-state index contributed by atoms with van der Waals surface area (Å²) in [4.78, 5) is 43.5. The molecule has 0 saturated heterocycles. The number of hydrogen-bond acceptors (Lipinski definition) is 7. The number of rotatable bonds is 7. The summed E-state index contributed by atoms with van der Waals surface area (Å²) in [6.45, 7) is 1.72. The Kier molecular flexibility index (Phi) is 6.50. The summed E-state index contributed by atoms with van der Waals surface area (Å²) in [5.74, 6) is -0.865. The van der Waals surface area contributed by atoms with Crippen molar-refractivity contribution in [1.29, 1.82) is 0 Å². The number of amides is 1. The highest BCUT2D eigenvalue weighted by molar-refractivity contribution is 7.99. The van der Waals surface area contributed by atoms with Crippen molar-refractivity contribution in [3.63, 3.8) is 0 Å². The summed E-state index contributed by atoms with van der Waals surface area (Å²) in [5, 5.41) is 7.75. The molecule has 0 aliphatic rings. The van der Waals surface area contributed by atoms with Crippen molar-refractivity contribution in [1.82, 2.24) is 19.2 Å². The molecule has 1 amide bonds. The molecule has 2 aromatic heterocycles. The fourth-order valence-corrected chi connectivity index (χ4v) is 4.57. The van der Waals surface area contributed by atoms with Crippen molar-refractivity contribution in [2.75, 3.05) is 11.9 Å². The van der Waals surface area contributed by atoms with Gasteiger partial charge < -0.3 is 10.1 Å². The molecule has 3 aromatic carbocycles. The van der Waals surface area contributed by atoms with Crippen LogP contribution in [0.15, 0.2) is 93.6 Å². The minimum atomic E-state index is -0.439.